The van der Waals surface area contributed by atoms with Crippen molar-refractivity contribution in [3.05, 3.63) is 23.3 Å². The Balaban J connectivity index is 1.94. The minimum Gasteiger partial charge on any atom is -0.367 e. The summed E-state index contributed by atoms with van der Waals surface area (Å²) in [7, 11) is 0. The van der Waals surface area contributed by atoms with E-state index in [9.17, 15) is 0 Å². The first-order valence-corrected chi connectivity index (χ1v) is 7.07. The average molecular weight is 264 g/mol. The van der Waals surface area contributed by atoms with E-state index in [-0.39, 0.29) is 6.10 Å². The smallest absolute Gasteiger partial charge is 0.180 e. The van der Waals surface area contributed by atoms with E-state index in [2.05, 4.69) is 46.9 Å². The monoisotopic (exact) mass is 264 g/mol. The first kappa shape index (κ1) is 14.2. The Morgan fingerprint density at radius 3 is 3.11 bits per heavy atom. The lowest BCUT2D eigenvalue weighted by Crippen LogP contribution is -2.38. The van der Waals surface area contributed by atoms with Gasteiger partial charge in [-0.2, -0.15) is 5.10 Å². The van der Waals surface area contributed by atoms with Crippen LogP contribution in [0.25, 0.3) is 0 Å². The molecule has 1 unspecified atom stereocenters. The van der Waals surface area contributed by atoms with Gasteiger partial charge in [0.1, 0.15) is 11.9 Å². The maximum atomic E-state index is 5.79. The largest absolute Gasteiger partial charge is 0.367 e. The molecule has 1 saturated heterocycles. The van der Waals surface area contributed by atoms with Crippen molar-refractivity contribution in [3.63, 3.8) is 0 Å². The lowest BCUT2D eigenvalue weighted by atomic mass is 10.2. The highest BCUT2D eigenvalue weighted by Gasteiger charge is 2.24. The Hall–Kier alpha value is -1.20. The molecule has 1 aromatic heterocycles. The number of ether oxygens (including phenoxy) is 1. The number of aryl methyl sites for hydroxylation is 1. The molecule has 1 aliphatic heterocycles. The normalized spacial score (nSPS) is 20.5. The van der Waals surface area contributed by atoms with Gasteiger partial charge in [0, 0.05) is 26.1 Å². The van der Waals surface area contributed by atoms with Crippen LogP contribution in [0.5, 0.6) is 0 Å². The minimum atomic E-state index is 0.00108. The van der Waals surface area contributed by atoms with E-state index in [0.29, 0.717) is 0 Å². The van der Waals surface area contributed by atoms with Crippen LogP contribution in [0.1, 0.15) is 44.9 Å². The summed E-state index contributed by atoms with van der Waals surface area (Å²) in [6.07, 6.45) is 4.28. The van der Waals surface area contributed by atoms with Crippen molar-refractivity contribution in [3.8, 4) is 0 Å². The average Bonchev–Trinajstić information content (AvgIpc) is 2.86. The summed E-state index contributed by atoms with van der Waals surface area (Å²) >= 11 is 0. The fourth-order valence-electron chi connectivity index (χ4n) is 2.14. The van der Waals surface area contributed by atoms with Crippen molar-refractivity contribution < 1.29 is 4.74 Å². The van der Waals surface area contributed by atoms with Crippen molar-refractivity contribution in [2.45, 2.75) is 39.7 Å². The van der Waals surface area contributed by atoms with Gasteiger partial charge < -0.3 is 4.74 Å². The number of rotatable bonds is 5. The van der Waals surface area contributed by atoms with Gasteiger partial charge in [0.25, 0.3) is 0 Å². The van der Waals surface area contributed by atoms with Gasteiger partial charge in [0.2, 0.25) is 0 Å². The van der Waals surface area contributed by atoms with Gasteiger partial charge in [-0.3, -0.25) is 10.00 Å². The summed E-state index contributed by atoms with van der Waals surface area (Å²) in [6, 6.07) is 0. The molecule has 106 valence electrons. The summed E-state index contributed by atoms with van der Waals surface area (Å²) < 4.78 is 5.79. The van der Waals surface area contributed by atoms with Gasteiger partial charge in [0.05, 0.1) is 6.61 Å². The third-order valence-corrected chi connectivity index (χ3v) is 3.23. The number of morpholine rings is 1. The molecule has 1 aromatic rings. The zero-order chi connectivity index (χ0) is 13.7. The van der Waals surface area contributed by atoms with E-state index >= 15 is 0 Å². The molecule has 1 fully saturated rings. The van der Waals surface area contributed by atoms with Crippen molar-refractivity contribution >= 4 is 0 Å². The van der Waals surface area contributed by atoms with E-state index in [0.717, 1.165) is 50.7 Å². The van der Waals surface area contributed by atoms with Gasteiger partial charge in [-0.25, -0.2) is 4.98 Å². The predicted molar refractivity (Wildman–Crippen MR) is 74.9 cm³/mol. The molecule has 5 heteroatoms. The molecule has 2 rings (SSSR count). The first-order valence-electron chi connectivity index (χ1n) is 7.07. The summed E-state index contributed by atoms with van der Waals surface area (Å²) in [5, 5.41) is 7.28. The Morgan fingerprint density at radius 1 is 1.53 bits per heavy atom. The number of hydrogen-bond acceptors (Lipinski definition) is 4. The van der Waals surface area contributed by atoms with Crippen LogP contribution >= 0.6 is 0 Å². The number of aromatic nitrogens is 3. The number of allylic oxidation sites excluding steroid dienone is 1. The van der Waals surface area contributed by atoms with Gasteiger partial charge in [-0.1, -0.05) is 18.6 Å². The molecule has 0 aliphatic carbocycles. The van der Waals surface area contributed by atoms with Crippen molar-refractivity contribution in [2.75, 3.05) is 26.2 Å². The van der Waals surface area contributed by atoms with Gasteiger partial charge in [-0.05, 0) is 20.3 Å². The fraction of sp³-hybridized carbons (Fsp3) is 0.714. The number of H-pyrrole nitrogens is 1. The molecule has 1 N–H and O–H groups in total. The quantitative estimate of drug-likeness (QED) is 0.827. The van der Waals surface area contributed by atoms with Crippen molar-refractivity contribution in [1.82, 2.24) is 20.1 Å². The van der Waals surface area contributed by atoms with Crippen molar-refractivity contribution in [2.24, 2.45) is 0 Å². The molecule has 2 heterocycles. The van der Waals surface area contributed by atoms with E-state index in [4.69, 9.17) is 4.74 Å². The molecule has 1 aliphatic rings. The molecule has 0 radical (unpaired) electrons. The fourth-order valence-corrected chi connectivity index (χ4v) is 2.14. The lowest BCUT2D eigenvalue weighted by molar-refractivity contribution is -0.0304. The standard InChI is InChI=1S/C14H24N4O/c1-4-5-13-15-14(17-16-13)12-10-18(8-9-19-12)7-6-11(2)3/h6,12H,4-5,7-10H2,1-3H3,(H,15,16,17). The Bertz CT molecular complexity index is 423. The highest BCUT2D eigenvalue weighted by Crippen LogP contribution is 2.19. The van der Waals surface area contributed by atoms with Crippen LogP contribution in [-0.4, -0.2) is 46.3 Å². The molecule has 0 amide bonds. The number of nitrogens with one attached hydrogen (secondary N) is 1. The van der Waals surface area contributed by atoms with Gasteiger partial charge in [0.15, 0.2) is 5.82 Å². The number of hydrogen-bond donors (Lipinski definition) is 1. The second-order valence-corrected chi connectivity index (χ2v) is 5.29. The predicted octanol–water partition coefficient (Wildman–Crippen LogP) is 2.10. The maximum Gasteiger partial charge on any atom is 0.180 e. The summed E-state index contributed by atoms with van der Waals surface area (Å²) in [5.74, 6) is 1.76. The molecule has 0 bridgehead atoms. The van der Waals surface area contributed by atoms with Crippen LogP contribution in [0.15, 0.2) is 11.6 Å². The molecular formula is C14H24N4O. The minimum absolute atomic E-state index is 0.00108. The molecule has 0 saturated carbocycles. The third kappa shape index (κ3) is 4.14. The summed E-state index contributed by atoms with van der Waals surface area (Å²) in [5.41, 5.74) is 1.35. The Kier molecular flexibility index (Phi) is 5.10. The third-order valence-electron chi connectivity index (χ3n) is 3.23. The summed E-state index contributed by atoms with van der Waals surface area (Å²) in [4.78, 5) is 6.91. The lowest BCUT2D eigenvalue weighted by Gasteiger charge is -2.30. The van der Waals surface area contributed by atoms with E-state index < -0.39 is 0 Å². The molecule has 0 aromatic carbocycles. The van der Waals surface area contributed by atoms with Crippen LogP contribution < -0.4 is 0 Å². The van der Waals surface area contributed by atoms with Crippen molar-refractivity contribution in [1.29, 1.82) is 0 Å². The van der Waals surface area contributed by atoms with E-state index in [1.165, 1.54) is 5.57 Å². The second-order valence-electron chi connectivity index (χ2n) is 5.29. The van der Waals surface area contributed by atoms with E-state index in [1.807, 2.05) is 0 Å². The molecule has 1 atom stereocenters. The molecular weight excluding hydrogens is 240 g/mol. The molecule has 0 spiro atoms. The topological polar surface area (TPSA) is 54.0 Å². The van der Waals surface area contributed by atoms with Crippen LogP contribution in [0.3, 0.4) is 0 Å². The number of aromatic amines is 1. The van der Waals surface area contributed by atoms with Gasteiger partial charge in [-0.15, -0.1) is 0 Å². The Labute approximate surface area is 115 Å². The molecule has 19 heavy (non-hydrogen) atoms. The van der Waals surface area contributed by atoms with Crippen LogP contribution in [0, 0.1) is 0 Å². The molecule has 5 nitrogen and oxygen atoms in total. The maximum absolute atomic E-state index is 5.79. The number of nitrogens with zero attached hydrogens (tertiary/aromatic N) is 3. The van der Waals surface area contributed by atoms with Gasteiger partial charge >= 0.3 is 0 Å². The summed E-state index contributed by atoms with van der Waals surface area (Å²) in [6.45, 7) is 9.97. The van der Waals surface area contributed by atoms with Crippen LogP contribution in [-0.2, 0) is 11.2 Å². The second kappa shape index (κ2) is 6.82. The first-order chi connectivity index (χ1) is 9.19. The highest BCUT2D eigenvalue weighted by molar-refractivity contribution is 4.99. The highest BCUT2D eigenvalue weighted by atomic mass is 16.5. The van der Waals surface area contributed by atoms with Crippen LogP contribution in [0.4, 0.5) is 0 Å². The Morgan fingerprint density at radius 2 is 2.37 bits per heavy atom. The SMILES string of the molecule is CCCc1nc(C2CN(CC=C(C)C)CCO2)n[nH]1. The zero-order valence-corrected chi connectivity index (χ0v) is 12.1. The van der Waals surface area contributed by atoms with E-state index in [1.54, 1.807) is 0 Å². The zero-order valence-electron chi connectivity index (χ0n) is 12.1. The van der Waals surface area contributed by atoms with Crippen LogP contribution in [0.2, 0.25) is 0 Å².